The molecule has 2 heterocycles. The van der Waals surface area contributed by atoms with Crippen LogP contribution in [-0.2, 0) is 0 Å². The Kier molecular flexibility index (Phi) is 3.52. The van der Waals surface area contributed by atoms with E-state index in [2.05, 4.69) is 78.7 Å². The van der Waals surface area contributed by atoms with Crippen molar-refractivity contribution in [2.24, 2.45) is 5.10 Å². The molecule has 3 aromatic rings. The number of para-hydroxylation sites is 1. The average molecular weight is 340 g/mol. The summed E-state index contributed by atoms with van der Waals surface area (Å²) in [6.07, 6.45) is 0.867. The van der Waals surface area contributed by atoms with Crippen LogP contribution in [0.25, 0.3) is 11.1 Å². The minimum atomic E-state index is -0.0454. The number of hydrogen-bond donors (Lipinski definition) is 0. The Hall–Kier alpha value is -3.07. The number of benzene rings is 3. The summed E-state index contributed by atoms with van der Waals surface area (Å²) in [7, 11) is 0. The van der Waals surface area contributed by atoms with E-state index in [1.54, 1.807) is 0 Å². The summed E-state index contributed by atoms with van der Waals surface area (Å²) in [5.74, 6) is 0.983. The summed E-state index contributed by atoms with van der Waals surface area (Å²) in [4.78, 5) is 0. The lowest BCUT2D eigenvalue weighted by Crippen LogP contribution is -2.37. The highest BCUT2D eigenvalue weighted by Crippen LogP contribution is 2.42. The van der Waals surface area contributed by atoms with E-state index >= 15 is 0 Å². The van der Waals surface area contributed by atoms with Gasteiger partial charge in [0.25, 0.3) is 0 Å². The molecule has 0 radical (unpaired) electrons. The molecule has 3 heteroatoms. The summed E-state index contributed by atoms with van der Waals surface area (Å²) >= 11 is 0. The van der Waals surface area contributed by atoms with Crippen molar-refractivity contribution in [2.75, 3.05) is 0 Å². The fourth-order valence-electron chi connectivity index (χ4n) is 3.88. The summed E-state index contributed by atoms with van der Waals surface area (Å²) in [5.41, 5.74) is 6.00. The Bertz CT molecular complexity index is 963. The number of rotatable bonds is 2. The van der Waals surface area contributed by atoms with Crippen LogP contribution < -0.4 is 4.74 Å². The van der Waals surface area contributed by atoms with E-state index in [0.717, 1.165) is 17.9 Å². The van der Waals surface area contributed by atoms with Gasteiger partial charge in [0.05, 0.1) is 11.8 Å². The van der Waals surface area contributed by atoms with Gasteiger partial charge >= 0.3 is 0 Å². The zero-order valence-corrected chi connectivity index (χ0v) is 14.7. The first kappa shape index (κ1) is 15.2. The maximum Gasteiger partial charge on any atom is 0.185 e. The summed E-state index contributed by atoms with van der Waals surface area (Å²) in [6, 6.07) is 27.7. The van der Waals surface area contributed by atoms with E-state index in [1.807, 2.05) is 12.1 Å². The first-order valence-electron chi connectivity index (χ1n) is 9.07. The Morgan fingerprint density at radius 1 is 0.808 bits per heavy atom. The monoisotopic (exact) mass is 340 g/mol. The second-order valence-corrected chi connectivity index (χ2v) is 6.84. The summed E-state index contributed by atoms with van der Waals surface area (Å²) in [5, 5.41) is 6.99. The Labute approximate surface area is 153 Å². The van der Waals surface area contributed by atoms with E-state index < -0.39 is 0 Å². The molecule has 0 spiro atoms. The lowest BCUT2D eigenvalue weighted by Gasteiger charge is -2.36. The molecule has 0 fully saturated rings. The van der Waals surface area contributed by atoms with Crippen LogP contribution in [0.15, 0.2) is 84.0 Å². The van der Waals surface area contributed by atoms with Crippen molar-refractivity contribution in [1.29, 1.82) is 0 Å². The summed E-state index contributed by atoms with van der Waals surface area (Å²) < 4.78 is 6.03. The third-order valence-corrected chi connectivity index (χ3v) is 5.22. The van der Waals surface area contributed by atoms with Crippen LogP contribution in [0.1, 0.15) is 30.5 Å². The first-order valence-corrected chi connectivity index (χ1v) is 9.07. The molecule has 5 rings (SSSR count). The van der Waals surface area contributed by atoms with Crippen LogP contribution in [0.5, 0.6) is 5.75 Å². The van der Waals surface area contributed by atoms with Crippen LogP contribution >= 0.6 is 0 Å². The predicted molar refractivity (Wildman–Crippen MR) is 104 cm³/mol. The summed E-state index contributed by atoms with van der Waals surface area (Å²) in [6.45, 7) is 2.06. The molecular formula is C23H20N2O. The van der Waals surface area contributed by atoms with Crippen molar-refractivity contribution in [3.8, 4) is 16.9 Å². The largest absolute Gasteiger partial charge is 0.469 e. The zero-order valence-electron chi connectivity index (χ0n) is 14.7. The van der Waals surface area contributed by atoms with E-state index in [1.165, 1.54) is 22.3 Å². The van der Waals surface area contributed by atoms with Crippen molar-refractivity contribution in [2.45, 2.75) is 25.6 Å². The Morgan fingerprint density at radius 3 is 2.27 bits per heavy atom. The maximum absolute atomic E-state index is 6.03. The van der Waals surface area contributed by atoms with Gasteiger partial charge < -0.3 is 4.74 Å². The maximum atomic E-state index is 6.03. The van der Waals surface area contributed by atoms with Crippen LogP contribution in [0.4, 0.5) is 0 Å². The molecule has 0 saturated carbocycles. The molecule has 0 amide bonds. The van der Waals surface area contributed by atoms with Crippen molar-refractivity contribution < 1.29 is 4.74 Å². The lowest BCUT2D eigenvalue weighted by atomic mass is 9.95. The molecule has 26 heavy (non-hydrogen) atoms. The van der Waals surface area contributed by atoms with E-state index in [-0.39, 0.29) is 12.3 Å². The number of nitrogens with zero attached hydrogens (tertiary/aromatic N) is 2. The third-order valence-electron chi connectivity index (χ3n) is 5.22. The SMILES string of the molecule is C[C@H]1Oc2ccccc2[C@H]2CC(c3ccc(-c4ccccc4)cc3)=NN21. The van der Waals surface area contributed by atoms with Gasteiger partial charge in [-0.1, -0.05) is 72.8 Å². The standard InChI is InChI=1S/C23H20N2O/c1-16-25-22(20-9-5-6-10-23(20)26-16)15-21(24-25)19-13-11-18(12-14-19)17-7-3-2-4-8-17/h2-14,16,22H,15H2,1H3/t16-,22-/m1/s1. The molecule has 2 aliphatic heterocycles. The molecule has 0 aromatic heterocycles. The van der Waals surface area contributed by atoms with Crippen molar-refractivity contribution in [3.63, 3.8) is 0 Å². The van der Waals surface area contributed by atoms with Crippen molar-refractivity contribution in [1.82, 2.24) is 5.01 Å². The molecule has 0 bridgehead atoms. The van der Waals surface area contributed by atoms with Gasteiger partial charge in [0.2, 0.25) is 0 Å². The second kappa shape index (κ2) is 6.03. The van der Waals surface area contributed by atoms with Gasteiger partial charge in [-0.05, 0) is 29.7 Å². The zero-order chi connectivity index (χ0) is 17.5. The van der Waals surface area contributed by atoms with Crippen LogP contribution in [0, 0.1) is 0 Å². The highest BCUT2D eigenvalue weighted by Gasteiger charge is 2.37. The molecule has 0 unspecified atom stereocenters. The van der Waals surface area contributed by atoms with E-state index in [4.69, 9.17) is 9.84 Å². The fraction of sp³-hybridized carbons (Fsp3) is 0.174. The van der Waals surface area contributed by atoms with Gasteiger partial charge in [-0.3, -0.25) is 5.01 Å². The smallest absolute Gasteiger partial charge is 0.185 e. The fourth-order valence-corrected chi connectivity index (χ4v) is 3.88. The number of hydrogen-bond acceptors (Lipinski definition) is 3. The molecule has 2 aliphatic rings. The highest BCUT2D eigenvalue weighted by atomic mass is 16.5. The first-order chi connectivity index (χ1) is 12.8. The van der Waals surface area contributed by atoms with Gasteiger partial charge in [0.15, 0.2) is 6.23 Å². The molecule has 0 N–H and O–H groups in total. The average Bonchev–Trinajstić information content (AvgIpc) is 3.15. The van der Waals surface area contributed by atoms with Crippen LogP contribution in [-0.4, -0.2) is 16.9 Å². The molecule has 0 saturated heterocycles. The molecule has 3 aromatic carbocycles. The Balaban J connectivity index is 1.45. The highest BCUT2D eigenvalue weighted by molar-refractivity contribution is 6.02. The number of hydrazone groups is 1. The minimum Gasteiger partial charge on any atom is -0.469 e. The van der Waals surface area contributed by atoms with Gasteiger partial charge in [-0.25, -0.2) is 0 Å². The third kappa shape index (κ3) is 2.48. The number of ether oxygens (including phenoxy) is 1. The second-order valence-electron chi connectivity index (χ2n) is 6.84. The molecule has 2 atom stereocenters. The lowest BCUT2D eigenvalue weighted by molar-refractivity contribution is -0.00334. The topological polar surface area (TPSA) is 24.8 Å². The molecule has 3 nitrogen and oxygen atoms in total. The molecular weight excluding hydrogens is 320 g/mol. The van der Waals surface area contributed by atoms with Crippen molar-refractivity contribution in [3.05, 3.63) is 90.0 Å². The molecule has 128 valence electrons. The van der Waals surface area contributed by atoms with Gasteiger partial charge in [0, 0.05) is 12.0 Å². The van der Waals surface area contributed by atoms with Gasteiger partial charge in [-0.2, -0.15) is 5.10 Å². The van der Waals surface area contributed by atoms with E-state index in [0.29, 0.717) is 0 Å². The van der Waals surface area contributed by atoms with Crippen LogP contribution in [0.3, 0.4) is 0 Å². The van der Waals surface area contributed by atoms with Crippen molar-refractivity contribution >= 4 is 5.71 Å². The van der Waals surface area contributed by atoms with Gasteiger partial charge in [-0.15, -0.1) is 0 Å². The van der Waals surface area contributed by atoms with Gasteiger partial charge in [0.1, 0.15) is 5.75 Å². The van der Waals surface area contributed by atoms with E-state index in [9.17, 15) is 0 Å². The minimum absolute atomic E-state index is 0.0454. The Morgan fingerprint density at radius 2 is 1.46 bits per heavy atom. The normalized spacial score (nSPS) is 20.8. The predicted octanol–water partition coefficient (Wildman–Crippen LogP) is 5.24. The van der Waals surface area contributed by atoms with Crippen LogP contribution in [0.2, 0.25) is 0 Å². The molecule has 0 aliphatic carbocycles. The number of fused-ring (bicyclic) bond motifs is 3. The quantitative estimate of drug-likeness (QED) is 0.637.